The summed E-state index contributed by atoms with van der Waals surface area (Å²) in [4.78, 5) is 24.2. The first-order valence-electron chi connectivity index (χ1n) is 8.50. The Bertz CT molecular complexity index is 766. The molecule has 0 bridgehead atoms. The van der Waals surface area contributed by atoms with Crippen molar-refractivity contribution in [3.8, 4) is 5.75 Å². The number of ether oxygens (including phenoxy) is 3. The van der Waals surface area contributed by atoms with Crippen molar-refractivity contribution in [3.63, 3.8) is 0 Å². The Balaban J connectivity index is 1.62. The molecule has 3 rings (SSSR count). The highest BCUT2D eigenvalue weighted by atomic mass is 16.5. The minimum atomic E-state index is -0.501. The lowest BCUT2D eigenvalue weighted by Gasteiger charge is -2.12. The fourth-order valence-electron chi connectivity index (χ4n) is 2.74. The molecule has 0 aromatic heterocycles. The second-order valence-electron chi connectivity index (χ2n) is 5.96. The first-order chi connectivity index (χ1) is 12.7. The van der Waals surface area contributed by atoms with Gasteiger partial charge in [0.25, 0.3) is 5.91 Å². The van der Waals surface area contributed by atoms with Crippen molar-refractivity contribution in [2.75, 3.05) is 25.6 Å². The van der Waals surface area contributed by atoms with Gasteiger partial charge in [-0.25, -0.2) is 4.79 Å². The molecule has 1 amide bonds. The summed E-state index contributed by atoms with van der Waals surface area (Å²) in [6, 6.07) is 13.6. The van der Waals surface area contributed by atoms with Gasteiger partial charge in [0.05, 0.1) is 24.5 Å². The van der Waals surface area contributed by atoms with Crippen LogP contribution in [0, 0.1) is 0 Å². The number of methoxy groups -OCH3 is 1. The molecule has 0 spiro atoms. The van der Waals surface area contributed by atoms with Gasteiger partial charge in [0.15, 0.2) is 0 Å². The molecule has 1 fully saturated rings. The molecule has 1 N–H and O–H groups in total. The van der Waals surface area contributed by atoms with E-state index in [-0.39, 0.29) is 12.0 Å². The molecule has 1 atom stereocenters. The Labute approximate surface area is 152 Å². The third kappa shape index (κ3) is 4.40. The Hall–Kier alpha value is -2.86. The van der Waals surface area contributed by atoms with Crippen LogP contribution in [0.3, 0.4) is 0 Å². The van der Waals surface area contributed by atoms with E-state index >= 15 is 0 Å². The van der Waals surface area contributed by atoms with Gasteiger partial charge in [-0.2, -0.15) is 0 Å². The molecule has 2 aromatic rings. The van der Waals surface area contributed by atoms with Crippen molar-refractivity contribution in [2.45, 2.75) is 18.9 Å². The van der Waals surface area contributed by atoms with E-state index in [1.165, 1.54) is 7.11 Å². The number of amides is 1. The number of benzene rings is 2. The standard InChI is InChI=1S/C20H21NO5/c1-24-20(23)17-6-2-3-7-18(17)21-19(22)14-8-10-15(11-9-14)26-13-16-5-4-12-25-16/h2-3,6-11,16H,4-5,12-13H2,1H3,(H,21,22). The summed E-state index contributed by atoms with van der Waals surface area (Å²) in [5.74, 6) is -0.127. The summed E-state index contributed by atoms with van der Waals surface area (Å²) >= 11 is 0. The average molecular weight is 355 g/mol. The summed E-state index contributed by atoms with van der Waals surface area (Å²) in [7, 11) is 1.30. The molecule has 6 nitrogen and oxygen atoms in total. The average Bonchev–Trinajstić information content (AvgIpc) is 3.20. The smallest absolute Gasteiger partial charge is 0.339 e. The molecule has 1 heterocycles. The number of nitrogens with one attached hydrogen (secondary N) is 1. The zero-order valence-electron chi connectivity index (χ0n) is 14.6. The summed E-state index contributed by atoms with van der Waals surface area (Å²) in [6.07, 6.45) is 2.23. The van der Waals surface area contributed by atoms with E-state index in [9.17, 15) is 9.59 Å². The number of carbonyl (C=O) groups excluding carboxylic acids is 2. The van der Waals surface area contributed by atoms with Crippen LogP contribution in [0.25, 0.3) is 0 Å². The quantitative estimate of drug-likeness (QED) is 0.805. The van der Waals surface area contributed by atoms with Crippen LogP contribution in [0.4, 0.5) is 5.69 Å². The first-order valence-corrected chi connectivity index (χ1v) is 8.50. The maximum absolute atomic E-state index is 12.4. The van der Waals surface area contributed by atoms with E-state index in [1.54, 1.807) is 48.5 Å². The number of hydrogen-bond acceptors (Lipinski definition) is 5. The van der Waals surface area contributed by atoms with Crippen molar-refractivity contribution in [2.24, 2.45) is 0 Å². The largest absolute Gasteiger partial charge is 0.491 e. The van der Waals surface area contributed by atoms with Crippen molar-refractivity contribution in [3.05, 3.63) is 59.7 Å². The molecule has 1 aliphatic rings. The van der Waals surface area contributed by atoms with Crippen LogP contribution in [0.2, 0.25) is 0 Å². The second-order valence-corrected chi connectivity index (χ2v) is 5.96. The summed E-state index contributed by atoms with van der Waals surface area (Å²) < 4.78 is 15.9. The van der Waals surface area contributed by atoms with Crippen LogP contribution in [-0.2, 0) is 9.47 Å². The molecule has 1 unspecified atom stereocenters. The minimum Gasteiger partial charge on any atom is -0.491 e. The zero-order chi connectivity index (χ0) is 18.4. The fourth-order valence-corrected chi connectivity index (χ4v) is 2.74. The summed E-state index contributed by atoms with van der Waals surface area (Å²) in [5, 5.41) is 2.74. The predicted molar refractivity (Wildman–Crippen MR) is 96.6 cm³/mol. The highest BCUT2D eigenvalue weighted by molar-refractivity contribution is 6.08. The number of anilines is 1. The van der Waals surface area contributed by atoms with E-state index in [2.05, 4.69) is 5.32 Å². The molecular formula is C20H21NO5. The molecule has 0 saturated carbocycles. The van der Waals surface area contributed by atoms with Crippen molar-refractivity contribution < 1.29 is 23.8 Å². The lowest BCUT2D eigenvalue weighted by Crippen LogP contribution is -2.17. The maximum atomic E-state index is 12.4. The van der Waals surface area contributed by atoms with E-state index in [0.717, 1.165) is 19.4 Å². The first kappa shape index (κ1) is 17.9. The SMILES string of the molecule is COC(=O)c1ccccc1NC(=O)c1ccc(OCC2CCCO2)cc1. The van der Waals surface area contributed by atoms with Crippen LogP contribution < -0.4 is 10.1 Å². The Morgan fingerprint density at radius 1 is 1.15 bits per heavy atom. The zero-order valence-corrected chi connectivity index (χ0v) is 14.6. The molecule has 0 aliphatic carbocycles. The molecular weight excluding hydrogens is 334 g/mol. The normalized spacial score (nSPS) is 16.1. The van der Waals surface area contributed by atoms with Gasteiger partial charge >= 0.3 is 5.97 Å². The molecule has 136 valence electrons. The summed E-state index contributed by atoms with van der Waals surface area (Å²) in [6.45, 7) is 1.30. The number of rotatable bonds is 6. The van der Waals surface area contributed by atoms with Crippen LogP contribution in [-0.4, -0.2) is 38.3 Å². The van der Waals surface area contributed by atoms with Crippen molar-refractivity contribution in [1.29, 1.82) is 0 Å². The van der Waals surface area contributed by atoms with E-state index in [1.807, 2.05) is 0 Å². The lowest BCUT2D eigenvalue weighted by atomic mass is 10.1. The lowest BCUT2D eigenvalue weighted by molar-refractivity contribution is 0.0602. The molecule has 0 radical (unpaired) electrons. The van der Waals surface area contributed by atoms with Crippen LogP contribution >= 0.6 is 0 Å². The molecule has 6 heteroatoms. The topological polar surface area (TPSA) is 73.9 Å². The molecule has 1 saturated heterocycles. The van der Waals surface area contributed by atoms with E-state index < -0.39 is 5.97 Å². The van der Waals surface area contributed by atoms with Gasteiger partial charge in [0.1, 0.15) is 12.4 Å². The van der Waals surface area contributed by atoms with E-state index in [0.29, 0.717) is 29.2 Å². The number of esters is 1. The second kappa shape index (κ2) is 8.49. The van der Waals surface area contributed by atoms with Crippen LogP contribution in [0.5, 0.6) is 5.75 Å². The van der Waals surface area contributed by atoms with Crippen LogP contribution in [0.15, 0.2) is 48.5 Å². The Morgan fingerprint density at radius 3 is 2.62 bits per heavy atom. The maximum Gasteiger partial charge on any atom is 0.339 e. The van der Waals surface area contributed by atoms with Gasteiger partial charge in [0, 0.05) is 12.2 Å². The van der Waals surface area contributed by atoms with Gasteiger partial charge in [-0.1, -0.05) is 12.1 Å². The van der Waals surface area contributed by atoms with Gasteiger partial charge in [0.2, 0.25) is 0 Å². The highest BCUT2D eigenvalue weighted by Gasteiger charge is 2.17. The monoisotopic (exact) mass is 355 g/mol. The fraction of sp³-hybridized carbons (Fsp3) is 0.300. The van der Waals surface area contributed by atoms with Gasteiger partial charge < -0.3 is 19.5 Å². The van der Waals surface area contributed by atoms with Gasteiger partial charge in [-0.15, -0.1) is 0 Å². The number of para-hydroxylation sites is 1. The third-order valence-corrected chi connectivity index (χ3v) is 4.16. The van der Waals surface area contributed by atoms with Crippen molar-refractivity contribution >= 4 is 17.6 Å². The summed E-state index contributed by atoms with van der Waals surface area (Å²) in [5.41, 5.74) is 1.18. The Morgan fingerprint density at radius 2 is 1.92 bits per heavy atom. The van der Waals surface area contributed by atoms with E-state index in [4.69, 9.17) is 14.2 Å². The van der Waals surface area contributed by atoms with Crippen molar-refractivity contribution in [1.82, 2.24) is 0 Å². The van der Waals surface area contributed by atoms with Gasteiger partial charge in [-0.05, 0) is 49.2 Å². The van der Waals surface area contributed by atoms with Crippen LogP contribution in [0.1, 0.15) is 33.6 Å². The molecule has 2 aromatic carbocycles. The highest BCUT2D eigenvalue weighted by Crippen LogP contribution is 2.19. The molecule has 26 heavy (non-hydrogen) atoms. The number of carbonyl (C=O) groups is 2. The predicted octanol–water partition coefficient (Wildman–Crippen LogP) is 3.28. The van der Waals surface area contributed by atoms with Gasteiger partial charge in [-0.3, -0.25) is 4.79 Å². The Kier molecular flexibility index (Phi) is 5.86. The molecule has 1 aliphatic heterocycles. The third-order valence-electron chi connectivity index (χ3n) is 4.16. The minimum absolute atomic E-state index is 0.146. The number of hydrogen-bond donors (Lipinski definition) is 1.